The summed E-state index contributed by atoms with van der Waals surface area (Å²) in [5.74, 6) is 2.46. The standard InChI is InChI=1S/C16H27NS2/c1-2-3-14-19-15-12-10-8-6-4-5-7-9-11-13-17-16-18/h2-4,6H,5,7-15H2,1H3. The largest absolute Gasteiger partial charge is 0.233 e. The van der Waals surface area contributed by atoms with Crippen LogP contribution in [-0.4, -0.2) is 23.2 Å². The van der Waals surface area contributed by atoms with Crippen LogP contribution in [0.25, 0.3) is 0 Å². The molecule has 0 spiro atoms. The van der Waals surface area contributed by atoms with Crippen molar-refractivity contribution in [2.24, 2.45) is 4.99 Å². The lowest BCUT2D eigenvalue weighted by Gasteiger charge is -1.97. The highest BCUT2D eigenvalue weighted by Gasteiger charge is 1.88. The van der Waals surface area contributed by atoms with Gasteiger partial charge in [-0.25, -0.2) is 4.99 Å². The summed E-state index contributed by atoms with van der Waals surface area (Å²) in [6.07, 6.45) is 17.8. The van der Waals surface area contributed by atoms with Gasteiger partial charge in [-0.15, -0.1) is 0 Å². The fraction of sp³-hybridized carbons (Fsp3) is 0.688. The van der Waals surface area contributed by atoms with E-state index in [-0.39, 0.29) is 0 Å². The van der Waals surface area contributed by atoms with Crippen LogP contribution in [0.4, 0.5) is 0 Å². The molecule has 0 rings (SSSR count). The van der Waals surface area contributed by atoms with E-state index in [1.807, 2.05) is 11.8 Å². The van der Waals surface area contributed by atoms with Crippen LogP contribution in [0.3, 0.4) is 0 Å². The Balaban J connectivity index is 3.10. The van der Waals surface area contributed by atoms with Gasteiger partial charge in [0.1, 0.15) is 0 Å². The number of isothiocyanates is 1. The molecule has 0 saturated carbocycles. The zero-order chi connectivity index (χ0) is 14.0. The van der Waals surface area contributed by atoms with Crippen molar-refractivity contribution >= 4 is 29.1 Å². The van der Waals surface area contributed by atoms with E-state index >= 15 is 0 Å². The molecule has 0 aromatic rings. The lowest BCUT2D eigenvalue weighted by Crippen LogP contribution is -1.82. The molecule has 0 aliphatic rings. The van der Waals surface area contributed by atoms with E-state index in [1.165, 1.54) is 50.0 Å². The molecule has 1 nitrogen and oxygen atoms in total. The molecule has 0 bridgehead atoms. The van der Waals surface area contributed by atoms with E-state index in [0.717, 1.165) is 13.0 Å². The molecule has 0 unspecified atom stereocenters. The van der Waals surface area contributed by atoms with E-state index < -0.39 is 0 Å². The topological polar surface area (TPSA) is 12.4 Å². The summed E-state index contributed by atoms with van der Waals surface area (Å²) in [6, 6.07) is 0. The maximum Gasteiger partial charge on any atom is 0.0584 e. The summed E-state index contributed by atoms with van der Waals surface area (Å²) in [4.78, 5) is 3.91. The number of hydrogen-bond donors (Lipinski definition) is 0. The number of aliphatic imine (C=N–C) groups is 1. The van der Waals surface area contributed by atoms with Crippen molar-refractivity contribution in [1.82, 2.24) is 0 Å². The summed E-state index contributed by atoms with van der Waals surface area (Å²) < 4.78 is 0. The average molecular weight is 298 g/mol. The number of hydrogen-bond acceptors (Lipinski definition) is 3. The van der Waals surface area contributed by atoms with Gasteiger partial charge in [-0.1, -0.05) is 30.7 Å². The molecule has 3 heteroatoms. The van der Waals surface area contributed by atoms with Gasteiger partial charge in [0.05, 0.1) is 5.16 Å². The van der Waals surface area contributed by atoms with Gasteiger partial charge < -0.3 is 0 Å². The summed E-state index contributed by atoms with van der Waals surface area (Å²) >= 11 is 6.55. The lowest BCUT2D eigenvalue weighted by atomic mass is 10.1. The molecular formula is C16H27NS2. The van der Waals surface area contributed by atoms with E-state index in [4.69, 9.17) is 0 Å². The van der Waals surface area contributed by atoms with Crippen LogP contribution < -0.4 is 0 Å². The van der Waals surface area contributed by atoms with E-state index in [1.54, 1.807) is 0 Å². The molecule has 0 atom stereocenters. The molecule has 0 fully saturated rings. The third kappa shape index (κ3) is 17.6. The summed E-state index contributed by atoms with van der Waals surface area (Å²) in [5.41, 5.74) is 0. The predicted molar refractivity (Wildman–Crippen MR) is 93.5 cm³/mol. The summed E-state index contributed by atoms with van der Waals surface area (Å²) in [7, 11) is 0. The Bertz CT molecular complexity index is 278. The Morgan fingerprint density at radius 3 is 2.42 bits per heavy atom. The second-order valence-electron chi connectivity index (χ2n) is 4.43. The van der Waals surface area contributed by atoms with Gasteiger partial charge in [-0.05, 0) is 63.4 Å². The molecule has 0 radical (unpaired) electrons. The molecule has 19 heavy (non-hydrogen) atoms. The number of allylic oxidation sites excluding steroid dienone is 3. The Labute approximate surface area is 128 Å². The molecule has 0 aliphatic carbocycles. The fourth-order valence-electron chi connectivity index (χ4n) is 1.63. The minimum absolute atomic E-state index is 0.845. The van der Waals surface area contributed by atoms with Crippen LogP contribution in [0.1, 0.15) is 51.9 Å². The van der Waals surface area contributed by atoms with Gasteiger partial charge in [-0.3, -0.25) is 0 Å². The number of nitrogens with zero attached hydrogens (tertiary/aromatic N) is 1. The van der Waals surface area contributed by atoms with Gasteiger partial charge in [0, 0.05) is 12.3 Å². The van der Waals surface area contributed by atoms with Crippen LogP contribution in [0.5, 0.6) is 0 Å². The van der Waals surface area contributed by atoms with Gasteiger partial charge in [0.15, 0.2) is 0 Å². The lowest BCUT2D eigenvalue weighted by molar-refractivity contribution is 0.696. The zero-order valence-electron chi connectivity index (χ0n) is 12.1. The molecule has 0 aliphatic heterocycles. The van der Waals surface area contributed by atoms with Crippen molar-refractivity contribution in [3.05, 3.63) is 24.3 Å². The minimum atomic E-state index is 0.845. The molecule has 0 aromatic carbocycles. The van der Waals surface area contributed by atoms with Crippen molar-refractivity contribution in [3.8, 4) is 0 Å². The Hall–Kier alpha value is -0.370. The normalized spacial score (nSPS) is 11.2. The Morgan fingerprint density at radius 2 is 1.74 bits per heavy atom. The van der Waals surface area contributed by atoms with Crippen LogP contribution in [-0.2, 0) is 0 Å². The smallest absolute Gasteiger partial charge is 0.0584 e. The van der Waals surface area contributed by atoms with Crippen molar-refractivity contribution in [3.63, 3.8) is 0 Å². The SMILES string of the molecule is CC=CCSCCCCC=CCCCCCN=C=S. The van der Waals surface area contributed by atoms with Crippen molar-refractivity contribution in [2.45, 2.75) is 51.9 Å². The summed E-state index contributed by atoms with van der Waals surface area (Å²) in [5, 5.41) is 2.40. The van der Waals surface area contributed by atoms with Crippen LogP contribution in [0.15, 0.2) is 29.3 Å². The Kier molecular flexibility index (Phi) is 17.3. The minimum Gasteiger partial charge on any atom is -0.233 e. The molecule has 0 N–H and O–H groups in total. The van der Waals surface area contributed by atoms with Gasteiger partial charge in [-0.2, -0.15) is 11.8 Å². The highest BCUT2D eigenvalue weighted by atomic mass is 32.2. The molecule has 0 saturated heterocycles. The number of unbranched alkanes of at least 4 members (excludes halogenated alkanes) is 5. The number of rotatable bonds is 13. The highest BCUT2D eigenvalue weighted by Crippen LogP contribution is 2.07. The first-order valence-corrected chi connectivity index (χ1v) is 8.85. The van der Waals surface area contributed by atoms with Gasteiger partial charge in [0.25, 0.3) is 0 Å². The fourth-order valence-corrected chi connectivity index (χ4v) is 2.62. The predicted octanol–water partition coefficient (Wildman–Crippen LogP) is 5.69. The number of thiocarbonyl (C=S) groups is 1. The molecule has 0 amide bonds. The monoisotopic (exact) mass is 297 g/mol. The van der Waals surface area contributed by atoms with Crippen molar-refractivity contribution in [1.29, 1.82) is 0 Å². The van der Waals surface area contributed by atoms with Gasteiger partial charge >= 0.3 is 0 Å². The van der Waals surface area contributed by atoms with Crippen LogP contribution >= 0.6 is 24.0 Å². The third-order valence-electron chi connectivity index (χ3n) is 2.73. The summed E-state index contributed by atoms with van der Waals surface area (Å²) in [6.45, 7) is 2.92. The maximum atomic E-state index is 4.52. The molecule has 0 heterocycles. The van der Waals surface area contributed by atoms with Crippen molar-refractivity contribution in [2.75, 3.05) is 18.1 Å². The molecular weight excluding hydrogens is 270 g/mol. The molecule has 108 valence electrons. The first kappa shape index (κ1) is 18.6. The van der Waals surface area contributed by atoms with E-state index in [0.29, 0.717) is 0 Å². The van der Waals surface area contributed by atoms with Crippen LogP contribution in [0.2, 0.25) is 0 Å². The van der Waals surface area contributed by atoms with Gasteiger partial charge in [0.2, 0.25) is 0 Å². The first-order valence-electron chi connectivity index (χ1n) is 7.29. The number of thioether (sulfide) groups is 1. The zero-order valence-corrected chi connectivity index (χ0v) is 13.8. The maximum absolute atomic E-state index is 4.52. The quantitative estimate of drug-likeness (QED) is 0.187. The first-order chi connectivity index (χ1) is 9.41. The van der Waals surface area contributed by atoms with Crippen molar-refractivity contribution < 1.29 is 0 Å². The Morgan fingerprint density at radius 1 is 1.00 bits per heavy atom. The average Bonchev–Trinajstić information content (AvgIpc) is 2.43. The molecule has 0 aromatic heterocycles. The van der Waals surface area contributed by atoms with E-state index in [2.05, 4.69) is 53.6 Å². The second kappa shape index (κ2) is 17.6. The highest BCUT2D eigenvalue weighted by molar-refractivity contribution is 7.99. The second-order valence-corrected chi connectivity index (χ2v) is 5.77. The van der Waals surface area contributed by atoms with Crippen LogP contribution in [0, 0.1) is 0 Å². The van der Waals surface area contributed by atoms with E-state index in [9.17, 15) is 0 Å². The third-order valence-corrected chi connectivity index (χ3v) is 3.87.